The standard InChI is InChI=1S/C22H28N2O4/c1-5-18-8-6-7-16(2)22(18)24(17(3)25)15-21(26)23-13-14-28-20-11-9-19(27-4)10-12-20/h6-12H,5,13-15H2,1-4H3,(H,23,26). The molecule has 0 aliphatic rings. The van der Waals surface area contributed by atoms with Crippen LogP contribution in [-0.2, 0) is 16.0 Å². The number of carbonyl (C=O) groups excluding carboxylic acids is 2. The quantitative estimate of drug-likeness (QED) is 0.675. The molecule has 0 radical (unpaired) electrons. The normalized spacial score (nSPS) is 10.3. The van der Waals surface area contributed by atoms with E-state index in [0.29, 0.717) is 18.9 Å². The lowest BCUT2D eigenvalue weighted by atomic mass is 10.0. The third kappa shape index (κ3) is 5.74. The van der Waals surface area contributed by atoms with Crippen molar-refractivity contribution in [1.29, 1.82) is 0 Å². The van der Waals surface area contributed by atoms with Crippen molar-refractivity contribution in [2.75, 3.05) is 31.7 Å². The molecule has 28 heavy (non-hydrogen) atoms. The highest BCUT2D eigenvalue weighted by Gasteiger charge is 2.19. The Bertz CT molecular complexity index is 803. The van der Waals surface area contributed by atoms with Gasteiger partial charge in [0.05, 0.1) is 19.3 Å². The number of nitrogens with one attached hydrogen (secondary N) is 1. The molecule has 0 aromatic heterocycles. The third-order valence-corrected chi connectivity index (χ3v) is 4.41. The minimum absolute atomic E-state index is 0.0181. The Labute approximate surface area is 166 Å². The Hall–Kier alpha value is -3.02. The van der Waals surface area contributed by atoms with Gasteiger partial charge >= 0.3 is 0 Å². The lowest BCUT2D eigenvalue weighted by Gasteiger charge is -2.25. The molecule has 2 aromatic rings. The lowest BCUT2D eigenvalue weighted by molar-refractivity contribution is -0.123. The molecule has 0 bridgehead atoms. The van der Waals surface area contributed by atoms with E-state index in [4.69, 9.17) is 9.47 Å². The van der Waals surface area contributed by atoms with Gasteiger partial charge in [0, 0.05) is 6.92 Å². The van der Waals surface area contributed by atoms with Crippen LogP contribution >= 0.6 is 0 Å². The molecular weight excluding hydrogens is 356 g/mol. The van der Waals surface area contributed by atoms with E-state index in [-0.39, 0.29) is 18.4 Å². The van der Waals surface area contributed by atoms with Crippen molar-refractivity contribution >= 4 is 17.5 Å². The van der Waals surface area contributed by atoms with E-state index in [0.717, 1.165) is 29.0 Å². The number of para-hydroxylation sites is 1. The molecule has 0 aliphatic heterocycles. The number of hydrogen-bond donors (Lipinski definition) is 1. The number of aryl methyl sites for hydroxylation is 2. The second-order valence-corrected chi connectivity index (χ2v) is 6.42. The van der Waals surface area contributed by atoms with Gasteiger partial charge in [0.1, 0.15) is 24.7 Å². The number of anilines is 1. The highest BCUT2D eigenvalue weighted by atomic mass is 16.5. The van der Waals surface area contributed by atoms with Crippen LogP contribution in [0.5, 0.6) is 11.5 Å². The van der Waals surface area contributed by atoms with Crippen LogP contribution in [0.2, 0.25) is 0 Å². The molecule has 0 aliphatic carbocycles. The Kier molecular flexibility index (Phi) is 7.87. The van der Waals surface area contributed by atoms with Gasteiger partial charge in [0.25, 0.3) is 0 Å². The molecule has 6 heteroatoms. The molecule has 150 valence electrons. The predicted molar refractivity (Wildman–Crippen MR) is 110 cm³/mol. The summed E-state index contributed by atoms with van der Waals surface area (Å²) >= 11 is 0. The van der Waals surface area contributed by atoms with Gasteiger partial charge in [-0.25, -0.2) is 0 Å². The summed E-state index contributed by atoms with van der Waals surface area (Å²) in [4.78, 5) is 26.1. The molecule has 6 nitrogen and oxygen atoms in total. The van der Waals surface area contributed by atoms with Gasteiger partial charge in [-0.1, -0.05) is 25.1 Å². The maximum atomic E-state index is 12.4. The van der Waals surface area contributed by atoms with E-state index < -0.39 is 0 Å². The summed E-state index contributed by atoms with van der Waals surface area (Å²) in [6.07, 6.45) is 0.790. The van der Waals surface area contributed by atoms with Crippen molar-refractivity contribution in [3.8, 4) is 11.5 Å². The van der Waals surface area contributed by atoms with Crippen molar-refractivity contribution in [2.24, 2.45) is 0 Å². The SMILES string of the molecule is CCc1cccc(C)c1N(CC(=O)NCCOc1ccc(OC)cc1)C(C)=O. The van der Waals surface area contributed by atoms with Crippen LogP contribution in [0.3, 0.4) is 0 Å². The first-order chi connectivity index (χ1) is 13.5. The zero-order valence-electron chi connectivity index (χ0n) is 17.0. The van der Waals surface area contributed by atoms with E-state index in [2.05, 4.69) is 5.32 Å². The van der Waals surface area contributed by atoms with Crippen molar-refractivity contribution in [1.82, 2.24) is 5.32 Å². The fourth-order valence-electron chi connectivity index (χ4n) is 2.97. The van der Waals surface area contributed by atoms with Gasteiger partial charge in [-0.3, -0.25) is 9.59 Å². The number of hydrogen-bond acceptors (Lipinski definition) is 4. The first-order valence-corrected chi connectivity index (χ1v) is 9.36. The smallest absolute Gasteiger partial charge is 0.240 e. The molecular formula is C22H28N2O4. The zero-order chi connectivity index (χ0) is 20.5. The molecule has 2 rings (SSSR count). The highest BCUT2D eigenvalue weighted by Crippen LogP contribution is 2.25. The van der Waals surface area contributed by atoms with Crippen LogP contribution in [0.1, 0.15) is 25.0 Å². The fraction of sp³-hybridized carbons (Fsp3) is 0.364. The Balaban J connectivity index is 1.90. The van der Waals surface area contributed by atoms with E-state index in [1.165, 1.54) is 11.8 Å². The molecule has 1 N–H and O–H groups in total. The number of nitrogens with zero attached hydrogens (tertiary/aromatic N) is 1. The topological polar surface area (TPSA) is 67.9 Å². The van der Waals surface area contributed by atoms with Crippen LogP contribution in [0.25, 0.3) is 0 Å². The van der Waals surface area contributed by atoms with Gasteiger partial charge in [-0.15, -0.1) is 0 Å². The van der Waals surface area contributed by atoms with Crippen molar-refractivity contribution < 1.29 is 19.1 Å². The second-order valence-electron chi connectivity index (χ2n) is 6.42. The molecule has 2 aromatic carbocycles. The third-order valence-electron chi connectivity index (χ3n) is 4.41. The number of ether oxygens (including phenoxy) is 2. The Morgan fingerprint density at radius 1 is 1.07 bits per heavy atom. The lowest BCUT2D eigenvalue weighted by Crippen LogP contribution is -2.41. The van der Waals surface area contributed by atoms with Crippen LogP contribution in [0, 0.1) is 6.92 Å². The largest absolute Gasteiger partial charge is 0.497 e. The summed E-state index contributed by atoms with van der Waals surface area (Å²) in [5, 5.41) is 2.80. The maximum absolute atomic E-state index is 12.4. The van der Waals surface area contributed by atoms with Gasteiger partial charge in [-0.05, 0) is 48.7 Å². The van der Waals surface area contributed by atoms with Crippen LogP contribution in [0.15, 0.2) is 42.5 Å². The minimum Gasteiger partial charge on any atom is -0.497 e. The molecule has 0 spiro atoms. The van der Waals surface area contributed by atoms with Crippen molar-refractivity contribution in [3.63, 3.8) is 0 Å². The number of rotatable bonds is 9. The summed E-state index contributed by atoms with van der Waals surface area (Å²) in [6, 6.07) is 13.1. The molecule has 2 amide bonds. The monoisotopic (exact) mass is 384 g/mol. The summed E-state index contributed by atoms with van der Waals surface area (Å²) in [7, 11) is 1.61. The summed E-state index contributed by atoms with van der Waals surface area (Å²) in [5.41, 5.74) is 2.85. The van der Waals surface area contributed by atoms with Crippen molar-refractivity contribution in [2.45, 2.75) is 27.2 Å². The van der Waals surface area contributed by atoms with E-state index in [9.17, 15) is 9.59 Å². The number of methoxy groups -OCH3 is 1. The zero-order valence-corrected chi connectivity index (χ0v) is 17.0. The summed E-state index contributed by atoms with van der Waals surface area (Å²) < 4.78 is 10.7. The van der Waals surface area contributed by atoms with Crippen molar-refractivity contribution in [3.05, 3.63) is 53.6 Å². The Morgan fingerprint density at radius 3 is 2.36 bits per heavy atom. The highest BCUT2D eigenvalue weighted by molar-refractivity contribution is 5.98. The average Bonchev–Trinajstić information content (AvgIpc) is 2.69. The van der Waals surface area contributed by atoms with E-state index in [1.54, 1.807) is 7.11 Å². The molecule has 0 fully saturated rings. The van der Waals surface area contributed by atoms with E-state index >= 15 is 0 Å². The van der Waals surface area contributed by atoms with Gasteiger partial charge in [0.15, 0.2) is 0 Å². The predicted octanol–water partition coefficient (Wildman–Crippen LogP) is 3.11. The molecule has 0 unspecified atom stereocenters. The number of benzene rings is 2. The second kappa shape index (κ2) is 10.3. The summed E-state index contributed by atoms with van der Waals surface area (Å²) in [5.74, 6) is 1.08. The average molecular weight is 384 g/mol. The van der Waals surface area contributed by atoms with Crippen LogP contribution in [-0.4, -0.2) is 38.6 Å². The van der Waals surface area contributed by atoms with Gasteiger partial charge in [0.2, 0.25) is 11.8 Å². The van der Waals surface area contributed by atoms with Crippen LogP contribution in [0.4, 0.5) is 5.69 Å². The first-order valence-electron chi connectivity index (χ1n) is 9.36. The van der Waals surface area contributed by atoms with Crippen LogP contribution < -0.4 is 19.7 Å². The molecule has 0 saturated carbocycles. The maximum Gasteiger partial charge on any atom is 0.240 e. The molecule has 0 heterocycles. The minimum atomic E-state index is -0.223. The molecule has 0 saturated heterocycles. The Morgan fingerprint density at radius 2 is 1.75 bits per heavy atom. The van der Waals surface area contributed by atoms with Gasteiger partial charge < -0.3 is 19.7 Å². The number of amides is 2. The van der Waals surface area contributed by atoms with Gasteiger partial charge in [-0.2, -0.15) is 0 Å². The van der Waals surface area contributed by atoms with E-state index in [1.807, 2.05) is 56.3 Å². The number of carbonyl (C=O) groups is 2. The fourth-order valence-corrected chi connectivity index (χ4v) is 2.97. The first kappa shape index (κ1) is 21.3. The summed E-state index contributed by atoms with van der Waals surface area (Å²) in [6.45, 7) is 6.13. The molecule has 0 atom stereocenters.